The summed E-state index contributed by atoms with van der Waals surface area (Å²) in [5.74, 6) is 1.68. The standard InChI is InChI=1S/C21H33N5O2.HI/c1-22-20(25-13-7-18(16-25)28-19-6-2-3-10-23-19)24-17-21(8-14-27-15-9-21)26-11-4-5-12-26;/h2-3,6,10,18H,4-5,7-9,11-17H2,1H3,(H,22,24);1H. The summed E-state index contributed by atoms with van der Waals surface area (Å²) in [6, 6.07) is 5.79. The van der Waals surface area contributed by atoms with Crippen LogP contribution in [0, 0.1) is 0 Å². The lowest BCUT2D eigenvalue weighted by Gasteiger charge is -2.45. The van der Waals surface area contributed by atoms with Gasteiger partial charge in [-0.25, -0.2) is 4.98 Å². The smallest absolute Gasteiger partial charge is 0.213 e. The van der Waals surface area contributed by atoms with Crippen molar-refractivity contribution < 1.29 is 9.47 Å². The molecule has 4 heterocycles. The molecule has 29 heavy (non-hydrogen) atoms. The number of hydrogen-bond acceptors (Lipinski definition) is 5. The average molecular weight is 515 g/mol. The van der Waals surface area contributed by atoms with Crippen molar-refractivity contribution in [3.8, 4) is 5.88 Å². The first-order valence-corrected chi connectivity index (χ1v) is 10.7. The third kappa shape index (κ3) is 5.52. The zero-order valence-electron chi connectivity index (χ0n) is 17.4. The van der Waals surface area contributed by atoms with Crippen LogP contribution in [0.3, 0.4) is 0 Å². The Morgan fingerprint density at radius 3 is 2.76 bits per heavy atom. The molecule has 0 aliphatic carbocycles. The highest BCUT2D eigenvalue weighted by Gasteiger charge is 2.40. The number of rotatable bonds is 5. The maximum absolute atomic E-state index is 6.04. The van der Waals surface area contributed by atoms with E-state index in [0.717, 1.165) is 58.1 Å². The Balaban J connectivity index is 0.00000240. The summed E-state index contributed by atoms with van der Waals surface area (Å²) in [6.07, 6.45) is 7.75. The molecule has 0 amide bonds. The van der Waals surface area contributed by atoms with Crippen molar-refractivity contribution in [1.29, 1.82) is 0 Å². The number of hydrogen-bond donors (Lipinski definition) is 1. The highest BCUT2D eigenvalue weighted by atomic mass is 127. The first-order chi connectivity index (χ1) is 13.8. The van der Waals surface area contributed by atoms with Crippen LogP contribution in [0.1, 0.15) is 32.1 Å². The van der Waals surface area contributed by atoms with Gasteiger partial charge < -0.3 is 19.7 Å². The van der Waals surface area contributed by atoms with Crippen LogP contribution in [0.25, 0.3) is 0 Å². The number of guanidine groups is 1. The number of nitrogens with zero attached hydrogens (tertiary/aromatic N) is 4. The van der Waals surface area contributed by atoms with Crippen molar-refractivity contribution in [3.05, 3.63) is 24.4 Å². The van der Waals surface area contributed by atoms with E-state index < -0.39 is 0 Å². The molecule has 1 unspecified atom stereocenters. The van der Waals surface area contributed by atoms with Crippen LogP contribution in [-0.2, 0) is 4.74 Å². The average Bonchev–Trinajstić information content (AvgIpc) is 3.43. The number of pyridine rings is 1. The van der Waals surface area contributed by atoms with Crippen LogP contribution < -0.4 is 10.1 Å². The van der Waals surface area contributed by atoms with Gasteiger partial charge in [0.1, 0.15) is 6.10 Å². The van der Waals surface area contributed by atoms with E-state index in [9.17, 15) is 0 Å². The van der Waals surface area contributed by atoms with Gasteiger partial charge in [0.25, 0.3) is 0 Å². The second-order valence-corrected chi connectivity index (χ2v) is 8.07. The summed E-state index contributed by atoms with van der Waals surface area (Å²) in [4.78, 5) is 13.8. The lowest BCUT2D eigenvalue weighted by molar-refractivity contribution is -0.0166. The predicted molar refractivity (Wildman–Crippen MR) is 125 cm³/mol. The first kappa shape index (κ1) is 22.6. The quantitative estimate of drug-likeness (QED) is 0.369. The van der Waals surface area contributed by atoms with Gasteiger partial charge in [0.15, 0.2) is 5.96 Å². The molecule has 0 spiro atoms. The number of likely N-dealkylation sites (tertiary alicyclic amines) is 2. The highest BCUT2D eigenvalue weighted by molar-refractivity contribution is 14.0. The van der Waals surface area contributed by atoms with Gasteiger partial charge in [-0.1, -0.05) is 6.07 Å². The van der Waals surface area contributed by atoms with E-state index in [2.05, 4.69) is 25.1 Å². The summed E-state index contributed by atoms with van der Waals surface area (Å²) in [7, 11) is 1.88. The number of halogens is 1. The Hall–Kier alpha value is -1.13. The summed E-state index contributed by atoms with van der Waals surface area (Å²) < 4.78 is 11.7. The van der Waals surface area contributed by atoms with Gasteiger partial charge in [-0.15, -0.1) is 24.0 Å². The Labute approximate surface area is 191 Å². The van der Waals surface area contributed by atoms with Crippen molar-refractivity contribution in [1.82, 2.24) is 20.1 Å². The molecule has 3 aliphatic rings. The molecule has 1 atom stereocenters. The predicted octanol–water partition coefficient (Wildman–Crippen LogP) is 2.37. The fraction of sp³-hybridized carbons (Fsp3) is 0.714. The van der Waals surface area contributed by atoms with Crippen LogP contribution in [0.5, 0.6) is 5.88 Å². The molecule has 0 radical (unpaired) electrons. The minimum Gasteiger partial charge on any atom is -0.472 e. The van der Waals surface area contributed by atoms with Crippen molar-refractivity contribution in [3.63, 3.8) is 0 Å². The van der Waals surface area contributed by atoms with Gasteiger partial charge in [0.2, 0.25) is 5.88 Å². The molecule has 3 fully saturated rings. The second kappa shape index (κ2) is 10.8. The fourth-order valence-electron chi connectivity index (χ4n) is 4.73. The van der Waals surface area contributed by atoms with Crippen LogP contribution in [0.4, 0.5) is 0 Å². The molecule has 0 bridgehead atoms. The Morgan fingerprint density at radius 2 is 2.07 bits per heavy atom. The summed E-state index contributed by atoms with van der Waals surface area (Å²) in [5, 5.41) is 3.69. The molecular formula is C21H34IN5O2. The number of nitrogens with one attached hydrogen (secondary N) is 1. The molecule has 1 N–H and O–H groups in total. The largest absolute Gasteiger partial charge is 0.472 e. The summed E-state index contributed by atoms with van der Waals surface area (Å²) in [5.41, 5.74) is 0.203. The molecule has 162 valence electrons. The Morgan fingerprint density at radius 1 is 1.28 bits per heavy atom. The van der Waals surface area contributed by atoms with Crippen LogP contribution >= 0.6 is 24.0 Å². The maximum atomic E-state index is 6.04. The summed E-state index contributed by atoms with van der Waals surface area (Å²) >= 11 is 0. The molecule has 3 saturated heterocycles. The Kier molecular flexibility index (Phi) is 8.37. The topological polar surface area (TPSA) is 62.2 Å². The van der Waals surface area contributed by atoms with Gasteiger partial charge in [0, 0.05) is 57.6 Å². The molecule has 0 saturated carbocycles. The molecule has 0 aromatic carbocycles. The van der Waals surface area contributed by atoms with Crippen molar-refractivity contribution in [2.75, 3.05) is 53.0 Å². The van der Waals surface area contributed by atoms with E-state index in [0.29, 0.717) is 5.88 Å². The minimum absolute atomic E-state index is 0. The highest BCUT2D eigenvalue weighted by Crippen LogP contribution is 2.31. The van der Waals surface area contributed by atoms with E-state index in [4.69, 9.17) is 9.47 Å². The van der Waals surface area contributed by atoms with Crippen LogP contribution in [0.15, 0.2) is 29.4 Å². The van der Waals surface area contributed by atoms with E-state index in [1.807, 2.05) is 25.2 Å². The van der Waals surface area contributed by atoms with Gasteiger partial charge in [0.05, 0.1) is 6.54 Å². The first-order valence-electron chi connectivity index (χ1n) is 10.7. The molecule has 7 nitrogen and oxygen atoms in total. The van der Waals surface area contributed by atoms with Crippen molar-refractivity contribution in [2.45, 2.75) is 43.7 Å². The third-order valence-electron chi connectivity index (χ3n) is 6.36. The van der Waals surface area contributed by atoms with E-state index in [1.54, 1.807) is 6.20 Å². The normalized spacial score (nSPS) is 24.9. The van der Waals surface area contributed by atoms with Crippen molar-refractivity contribution in [2.24, 2.45) is 4.99 Å². The monoisotopic (exact) mass is 515 g/mol. The number of aromatic nitrogens is 1. The Bertz CT molecular complexity index is 648. The molecule has 4 rings (SSSR count). The molecular weight excluding hydrogens is 481 g/mol. The minimum atomic E-state index is 0. The SMILES string of the molecule is CN=C(NCC1(N2CCCC2)CCOCC1)N1CCC(Oc2ccccn2)C1.I. The lowest BCUT2D eigenvalue weighted by Crippen LogP contribution is -2.58. The molecule has 8 heteroatoms. The summed E-state index contributed by atoms with van der Waals surface area (Å²) in [6.45, 7) is 6.88. The van der Waals surface area contributed by atoms with Gasteiger partial charge in [-0.05, 0) is 44.8 Å². The van der Waals surface area contributed by atoms with E-state index in [1.165, 1.54) is 25.9 Å². The third-order valence-corrected chi connectivity index (χ3v) is 6.36. The number of aliphatic imine (C=N–C) groups is 1. The van der Waals surface area contributed by atoms with E-state index >= 15 is 0 Å². The fourth-order valence-corrected chi connectivity index (χ4v) is 4.73. The number of ether oxygens (including phenoxy) is 2. The molecule has 1 aromatic heterocycles. The van der Waals surface area contributed by atoms with Gasteiger partial charge in [-0.3, -0.25) is 9.89 Å². The molecule has 3 aliphatic heterocycles. The van der Waals surface area contributed by atoms with Crippen LogP contribution in [0.2, 0.25) is 0 Å². The van der Waals surface area contributed by atoms with Crippen molar-refractivity contribution >= 4 is 29.9 Å². The molecule has 1 aromatic rings. The zero-order valence-corrected chi connectivity index (χ0v) is 19.7. The maximum Gasteiger partial charge on any atom is 0.213 e. The zero-order chi connectivity index (χ0) is 19.2. The van der Waals surface area contributed by atoms with E-state index in [-0.39, 0.29) is 35.6 Å². The lowest BCUT2D eigenvalue weighted by atomic mass is 9.88. The van der Waals surface area contributed by atoms with Gasteiger partial charge in [-0.2, -0.15) is 0 Å². The van der Waals surface area contributed by atoms with Gasteiger partial charge >= 0.3 is 0 Å². The van der Waals surface area contributed by atoms with Crippen LogP contribution in [-0.4, -0.2) is 85.4 Å². The second-order valence-electron chi connectivity index (χ2n) is 8.07.